The molecule has 268 valence electrons. The molecule has 0 bridgehead atoms. The normalized spacial score (nSPS) is 16.2. The summed E-state index contributed by atoms with van der Waals surface area (Å²) in [5, 5.41) is 9.36. The third kappa shape index (κ3) is 7.93. The summed E-state index contributed by atoms with van der Waals surface area (Å²) in [5.41, 5.74) is 0.446. The largest absolute Gasteiger partial charge is 0.471 e. The third-order valence-corrected chi connectivity index (χ3v) is 10.4. The van der Waals surface area contributed by atoms with Crippen LogP contribution in [-0.4, -0.2) is 73.9 Å². The Labute approximate surface area is 290 Å². The number of rotatable bonds is 8. The van der Waals surface area contributed by atoms with Crippen LogP contribution in [0.5, 0.6) is 0 Å². The Hall–Kier alpha value is -4.12. The van der Waals surface area contributed by atoms with E-state index in [4.69, 9.17) is 4.74 Å². The average Bonchev–Trinajstić information content (AvgIpc) is 3.47. The maximum Gasteiger partial charge on any atom is 0.471 e. The van der Waals surface area contributed by atoms with Crippen LogP contribution in [0.25, 0.3) is 10.9 Å². The fraction of sp³-hybridized carbons (Fsp3) is 0.364. The molecule has 0 radical (unpaired) electrons. The second-order valence-corrected chi connectivity index (χ2v) is 14.0. The Morgan fingerprint density at radius 1 is 0.940 bits per heavy atom. The Kier molecular flexibility index (Phi) is 11.1. The molecule has 2 N–H and O–H groups in total. The smallest absolute Gasteiger partial charge is 0.381 e. The van der Waals surface area contributed by atoms with Crippen molar-refractivity contribution in [1.82, 2.24) is 15.1 Å². The minimum absolute atomic E-state index is 0. The molecule has 2 aliphatic rings. The number of hydrogen-bond acceptors (Lipinski definition) is 7. The van der Waals surface area contributed by atoms with Crippen molar-refractivity contribution in [3.63, 3.8) is 0 Å². The summed E-state index contributed by atoms with van der Waals surface area (Å²) in [5.74, 6) is -5.36. The highest BCUT2D eigenvalue weighted by Crippen LogP contribution is 2.34. The van der Waals surface area contributed by atoms with Gasteiger partial charge in [-0.25, -0.2) is 17.2 Å². The van der Waals surface area contributed by atoms with Crippen LogP contribution in [0.1, 0.15) is 48.0 Å². The first kappa shape index (κ1) is 37.1. The molecule has 1 aromatic heterocycles. The number of likely N-dealkylation sites (tertiary alicyclic amines) is 1. The number of carbonyl (C=O) groups excluding carboxylic acids is 2. The van der Waals surface area contributed by atoms with Gasteiger partial charge in [0.15, 0.2) is 5.82 Å². The molecule has 6 rings (SSSR count). The lowest BCUT2D eigenvalue weighted by atomic mass is 10.0. The number of aromatic amines is 1. The quantitative estimate of drug-likeness (QED) is 0.200. The van der Waals surface area contributed by atoms with Crippen LogP contribution in [0.15, 0.2) is 64.4 Å². The lowest BCUT2D eigenvalue weighted by Gasteiger charge is -2.36. The number of fused-ring (bicyclic) bond motifs is 1. The predicted molar refractivity (Wildman–Crippen MR) is 176 cm³/mol. The van der Waals surface area contributed by atoms with Crippen LogP contribution >= 0.6 is 12.4 Å². The summed E-state index contributed by atoms with van der Waals surface area (Å²) in [4.78, 5) is 28.7. The first-order valence-corrected chi connectivity index (χ1v) is 17.1. The molecule has 2 amide bonds. The van der Waals surface area contributed by atoms with E-state index < -0.39 is 50.4 Å². The van der Waals surface area contributed by atoms with Gasteiger partial charge in [-0.2, -0.15) is 18.3 Å². The van der Waals surface area contributed by atoms with Crippen molar-refractivity contribution in [1.29, 1.82) is 0 Å². The lowest BCUT2D eigenvalue weighted by Crippen LogP contribution is -2.50. The fourth-order valence-corrected chi connectivity index (χ4v) is 7.57. The highest BCUT2D eigenvalue weighted by atomic mass is 35.5. The lowest BCUT2D eigenvalue weighted by molar-refractivity contribution is -0.171. The Bertz CT molecular complexity index is 1980. The molecule has 2 saturated heterocycles. The van der Waals surface area contributed by atoms with Gasteiger partial charge < -0.3 is 15.0 Å². The van der Waals surface area contributed by atoms with Crippen molar-refractivity contribution < 1.29 is 44.7 Å². The van der Waals surface area contributed by atoms with E-state index in [-0.39, 0.29) is 71.3 Å². The van der Waals surface area contributed by atoms with Crippen molar-refractivity contribution in [2.75, 3.05) is 36.5 Å². The van der Waals surface area contributed by atoms with Crippen molar-refractivity contribution in [3.8, 4) is 0 Å². The minimum atomic E-state index is -5.24. The highest BCUT2D eigenvalue weighted by Gasteiger charge is 2.46. The van der Waals surface area contributed by atoms with Crippen molar-refractivity contribution in [2.45, 2.75) is 60.7 Å². The second-order valence-electron chi connectivity index (χ2n) is 12.0. The van der Waals surface area contributed by atoms with Gasteiger partial charge in [0.1, 0.15) is 11.6 Å². The summed E-state index contributed by atoms with van der Waals surface area (Å²) >= 11 is 0. The molecule has 10 nitrogen and oxygen atoms in total. The zero-order chi connectivity index (χ0) is 34.9. The van der Waals surface area contributed by atoms with Gasteiger partial charge in [0.05, 0.1) is 26.6 Å². The molecular formula is C33H33ClF5N5O5S. The van der Waals surface area contributed by atoms with E-state index >= 15 is 0 Å². The second kappa shape index (κ2) is 15.0. The molecule has 0 aliphatic carbocycles. The zero-order valence-corrected chi connectivity index (χ0v) is 28.1. The van der Waals surface area contributed by atoms with Crippen molar-refractivity contribution in [3.05, 3.63) is 77.4 Å². The third-order valence-electron chi connectivity index (χ3n) is 8.66. The van der Waals surface area contributed by atoms with Gasteiger partial charge in [-0.3, -0.25) is 19.6 Å². The van der Waals surface area contributed by atoms with Crippen LogP contribution in [0.4, 0.5) is 33.5 Å². The molecule has 3 heterocycles. The standard InChI is InChI=1S/C33H32F5N5O5S.ClH/c34-21-15-22(35)17-25(16-21)49(46,47)24-5-7-28-27(18-24)30(41-40-28)39-31(44)26-6-4-20(19-42-10-2-1-3-11-42)14-29(26)43(32(45)33(36,37)38)23-8-12-48-13-9-23;/h4-7,14-18,23H,1-3,8-13,19H2,(H2,39,40,41,44);1H. The number of ether oxygens (including phenoxy) is 1. The van der Waals surface area contributed by atoms with Crippen LogP contribution in [-0.2, 0) is 25.9 Å². The molecule has 0 saturated carbocycles. The maximum absolute atomic E-state index is 14.1. The summed E-state index contributed by atoms with van der Waals surface area (Å²) in [6, 6.07) is 9.09. The fourth-order valence-electron chi connectivity index (χ4n) is 6.24. The molecular weight excluding hydrogens is 709 g/mol. The van der Waals surface area contributed by atoms with E-state index in [1.54, 1.807) is 6.07 Å². The Morgan fingerprint density at radius 3 is 2.28 bits per heavy atom. The molecule has 50 heavy (non-hydrogen) atoms. The summed E-state index contributed by atoms with van der Waals surface area (Å²) < 4.78 is 102. The number of halogens is 6. The topological polar surface area (TPSA) is 125 Å². The Morgan fingerprint density at radius 2 is 1.62 bits per heavy atom. The van der Waals surface area contributed by atoms with Crippen LogP contribution in [0.2, 0.25) is 0 Å². The van der Waals surface area contributed by atoms with Gasteiger partial charge in [-0.1, -0.05) is 12.5 Å². The molecule has 0 unspecified atom stereocenters. The number of sulfone groups is 1. The number of carbonyl (C=O) groups is 2. The van der Waals surface area contributed by atoms with E-state index in [0.717, 1.165) is 38.4 Å². The van der Waals surface area contributed by atoms with E-state index in [0.29, 0.717) is 35.2 Å². The molecule has 0 spiro atoms. The summed E-state index contributed by atoms with van der Waals surface area (Å²) in [6.07, 6.45) is -1.95. The zero-order valence-electron chi connectivity index (χ0n) is 26.4. The van der Waals surface area contributed by atoms with Gasteiger partial charge in [-0.05, 0) is 86.8 Å². The molecule has 4 aromatic rings. The van der Waals surface area contributed by atoms with Crippen LogP contribution < -0.4 is 10.2 Å². The first-order valence-electron chi connectivity index (χ1n) is 15.7. The number of alkyl halides is 3. The van der Waals surface area contributed by atoms with Gasteiger partial charge in [0.25, 0.3) is 5.91 Å². The molecule has 2 fully saturated rings. The van der Waals surface area contributed by atoms with E-state index in [1.807, 2.05) is 0 Å². The molecule has 3 aromatic carbocycles. The molecule has 2 aliphatic heterocycles. The number of nitrogens with zero attached hydrogens (tertiary/aromatic N) is 3. The molecule has 17 heteroatoms. The first-order chi connectivity index (χ1) is 23.3. The van der Waals surface area contributed by atoms with Gasteiger partial charge >= 0.3 is 12.1 Å². The average molecular weight is 742 g/mol. The number of anilines is 2. The number of hydrogen-bond donors (Lipinski definition) is 2. The number of aromatic nitrogens is 2. The highest BCUT2D eigenvalue weighted by molar-refractivity contribution is 7.91. The Balaban J connectivity index is 0.00000486. The number of amides is 2. The van der Waals surface area contributed by atoms with Crippen LogP contribution in [0.3, 0.4) is 0 Å². The summed E-state index contributed by atoms with van der Waals surface area (Å²) in [7, 11) is -4.42. The SMILES string of the molecule is Cl.O=C(Nc1n[nH]c2ccc(S(=O)(=O)c3cc(F)cc(F)c3)cc12)c1ccc(CN2CCCCC2)cc1N(C(=O)C(F)(F)F)C1CCOCC1. The van der Waals surface area contributed by atoms with E-state index in [9.17, 15) is 40.0 Å². The van der Waals surface area contributed by atoms with Gasteiger partial charge in [-0.15, -0.1) is 12.4 Å². The van der Waals surface area contributed by atoms with E-state index in [2.05, 4.69) is 20.4 Å². The van der Waals surface area contributed by atoms with Gasteiger partial charge in [0.2, 0.25) is 9.84 Å². The molecule has 0 atom stereocenters. The number of benzene rings is 3. The number of H-pyrrole nitrogens is 1. The van der Waals surface area contributed by atoms with Crippen molar-refractivity contribution in [2.24, 2.45) is 0 Å². The van der Waals surface area contributed by atoms with Crippen molar-refractivity contribution >= 4 is 56.5 Å². The number of piperidine rings is 1. The maximum atomic E-state index is 14.1. The van der Waals surface area contributed by atoms with Gasteiger partial charge in [0, 0.05) is 37.3 Å². The predicted octanol–water partition coefficient (Wildman–Crippen LogP) is 6.41. The number of nitrogens with one attached hydrogen (secondary N) is 2. The summed E-state index contributed by atoms with van der Waals surface area (Å²) in [6.45, 7) is 2.29. The monoisotopic (exact) mass is 741 g/mol. The van der Waals surface area contributed by atoms with Crippen LogP contribution in [0, 0.1) is 11.6 Å². The van der Waals surface area contributed by atoms with E-state index in [1.165, 1.54) is 24.3 Å². The minimum Gasteiger partial charge on any atom is -0.381 e.